The van der Waals surface area contributed by atoms with Crippen LogP contribution in [0, 0.1) is 12.7 Å². The second-order valence-electron chi connectivity index (χ2n) is 2.47. The summed E-state index contributed by atoms with van der Waals surface area (Å²) in [5.74, 6) is -1.25. The number of pyridine rings is 1. The van der Waals surface area contributed by atoms with E-state index in [0.717, 1.165) is 6.07 Å². The van der Waals surface area contributed by atoms with Gasteiger partial charge in [-0.05, 0) is 19.9 Å². The first-order valence-corrected chi connectivity index (χ1v) is 3.95. The third-order valence-electron chi connectivity index (χ3n) is 1.57. The molecule has 1 aromatic rings. The Hall–Kier alpha value is -1.45. The third kappa shape index (κ3) is 2.02. The zero-order valence-corrected chi connectivity index (χ0v) is 7.50. The minimum atomic E-state index is -0.661. The SMILES string of the molecule is CCOC(=O)c1c(F)ccnc1C. The summed E-state index contributed by atoms with van der Waals surface area (Å²) < 4.78 is 17.8. The Morgan fingerprint density at radius 2 is 2.38 bits per heavy atom. The van der Waals surface area contributed by atoms with E-state index < -0.39 is 11.8 Å². The maximum atomic E-state index is 13.1. The molecule has 0 aromatic carbocycles. The van der Waals surface area contributed by atoms with Crippen LogP contribution in [0.25, 0.3) is 0 Å². The van der Waals surface area contributed by atoms with E-state index in [9.17, 15) is 9.18 Å². The topological polar surface area (TPSA) is 39.2 Å². The number of aromatic nitrogens is 1. The van der Waals surface area contributed by atoms with Gasteiger partial charge in [-0.15, -0.1) is 0 Å². The number of ether oxygens (including phenoxy) is 1. The summed E-state index contributed by atoms with van der Waals surface area (Å²) in [7, 11) is 0. The Morgan fingerprint density at radius 3 is 2.92 bits per heavy atom. The predicted octanol–water partition coefficient (Wildman–Crippen LogP) is 1.71. The van der Waals surface area contributed by atoms with Crippen LogP contribution in [-0.4, -0.2) is 17.6 Å². The molecule has 70 valence electrons. The number of esters is 1. The van der Waals surface area contributed by atoms with Crippen LogP contribution in [0.1, 0.15) is 23.0 Å². The van der Waals surface area contributed by atoms with Crippen LogP contribution in [0.5, 0.6) is 0 Å². The Kier molecular flexibility index (Phi) is 2.95. The van der Waals surface area contributed by atoms with Crippen molar-refractivity contribution < 1.29 is 13.9 Å². The molecular formula is C9H10FNO2. The minimum Gasteiger partial charge on any atom is -0.462 e. The highest BCUT2D eigenvalue weighted by Gasteiger charge is 2.15. The van der Waals surface area contributed by atoms with Gasteiger partial charge in [-0.25, -0.2) is 9.18 Å². The molecule has 0 saturated carbocycles. The molecule has 0 bridgehead atoms. The first-order valence-electron chi connectivity index (χ1n) is 3.95. The average Bonchev–Trinajstić information content (AvgIpc) is 2.04. The smallest absolute Gasteiger partial charge is 0.342 e. The van der Waals surface area contributed by atoms with E-state index in [2.05, 4.69) is 9.72 Å². The summed E-state index contributed by atoms with van der Waals surface area (Å²) >= 11 is 0. The summed E-state index contributed by atoms with van der Waals surface area (Å²) in [6.07, 6.45) is 1.31. The molecule has 1 heterocycles. The normalized spacial score (nSPS) is 9.77. The van der Waals surface area contributed by atoms with E-state index in [0.29, 0.717) is 5.69 Å². The fourth-order valence-corrected chi connectivity index (χ4v) is 0.984. The number of hydrogen-bond donors (Lipinski definition) is 0. The van der Waals surface area contributed by atoms with Crippen molar-refractivity contribution >= 4 is 5.97 Å². The number of carbonyl (C=O) groups excluding carboxylic acids is 1. The second-order valence-corrected chi connectivity index (χ2v) is 2.47. The van der Waals surface area contributed by atoms with Crippen molar-refractivity contribution in [3.8, 4) is 0 Å². The molecule has 0 aliphatic heterocycles. The van der Waals surface area contributed by atoms with Crippen LogP contribution in [-0.2, 0) is 4.74 Å². The predicted molar refractivity (Wildman–Crippen MR) is 44.9 cm³/mol. The Balaban J connectivity index is 3.05. The number of hydrogen-bond acceptors (Lipinski definition) is 3. The molecule has 0 atom stereocenters. The van der Waals surface area contributed by atoms with Crippen molar-refractivity contribution in [2.24, 2.45) is 0 Å². The summed E-state index contributed by atoms with van der Waals surface area (Å²) in [6.45, 7) is 3.46. The molecule has 0 fully saturated rings. The largest absolute Gasteiger partial charge is 0.462 e. The van der Waals surface area contributed by atoms with Crippen molar-refractivity contribution in [2.45, 2.75) is 13.8 Å². The van der Waals surface area contributed by atoms with Crippen molar-refractivity contribution in [1.29, 1.82) is 0 Å². The molecule has 0 aliphatic carbocycles. The molecule has 1 rings (SSSR count). The van der Waals surface area contributed by atoms with Gasteiger partial charge in [-0.2, -0.15) is 0 Å². The van der Waals surface area contributed by atoms with Crippen molar-refractivity contribution in [3.63, 3.8) is 0 Å². The standard InChI is InChI=1S/C9H10FNO2/c1-3-13-9(12)8-6(2)11-5-4-7(8)10/h4-5H,3H2,1-2H3. The number of aryl methyl sites for hydroxylation is 1. The highest BCUT2D eigenvalue weighted by molar-refractivity contribution is 5.90. The van der Waals surface area contributed by atoms with E-state index >= 15 is 0 Å². The quantitative estimate of drug-likeness (QED) is 0.655. The lowest BCUT2D eigenvalue weighted by molar-refractivity contribution is 0.0519. The molecule has 0 aliphatic rings. The van der Waals surface area contributed by atoms with Gasteiger partial charge < -0.3 is 4.74 Å². The van der Waals surface area contributed by atoms with Gasteiger partial charge in [0, 0.05) is 6.20 Å². The molecule has 13 heavy (non-hydrogen) atoms. The van der Waals surface area contributed by atoms with Gasteiger partial charge in [0.1, 0.15) is 11.4 Å². The number of halogens is 1. The molecule has 0 N–H and O–H groups in total. The zero-order valence-electron chi connectivity index (χ0n) is 7.50. The van der Waals surface area contributed by atoms with E-state index in [4.69, 9.17) is 0 Å². The lowest BCUT2D eigenvalue weighted by Crippen LogP contribution is -2.10. The molecule has 1 aromatic heterocycles. The van der Waals surface area contributed by atoms with Crippen molar-refractivity contribution in [3.05, 3.63) is 29.3 Å². The first kappa shape index (κ1) is 9.64. The fourth-order valence-electron chi connectivity index (χ4n) is 0.984. The first-order chi connectivity index (χ1) is 6.16. The van der Waals surface area contributed by atoms with Gasteiger partial charge in [-0.1, -0.05) is 0 Å². The van der Waals surface area contributed by atoms with Gasteiger partial charge in [0.25, 0.3) is 0 Å². The maximum absolute atomic E-state index is 13.1. The highest BCUT2D eigenvalue weighted by Crippen LogP contribution is 2.11. The molecule has 0 spiro atoms. The zero-order chi connectivity index (χ0) is 9.84. The number of rotatable bonds is 2. The van der Waals surface area contributed by atoms with Crippen LogP contribution in [0.3, 0.4) is 0 Å². The molecule has 4 heteroatoms. The summed E-state index contributed by atoms with van der Waals surface area (Å²) in [6, 6.07) is 1.14. The van der Waals surface area contributed by atoms with E-state index in [1.54, 1.807) is 13.8 Å². The highest BCUT2D eigenvalue weighted by atomic mass is 19.1. The van der Waals surface area contributed by atoms with E-state index in [1.807, 2.05) is 0 Å². The molecular weight excluding hydrogens is 173 g/mol. The number of nitrogens with zero attached hydrogens (tertiary/aromatic N) is 1. The average molecular weight is 183 g/mol. The molecule has 0 amide bonds. The summed E-state index contributed by atoms with van der Waals surface area (Å²) in [5, 5.41) is 0. The second kappa shape index (κ2) is 3.98. The third-order valence-corrected chi connectivity index (χ3v) is 1.57. The van der Waals surface area contributed by atoms with Crippen molar-refractivity contribution in [2.75, 3.05) is 6.61 Å². The summed E-state index contributed by atoms with van der Waals surface area (Å²) in [5.41, 5.74) is 0.266. The van der Waals surface area contributed by atoms with Gasteiger partial charge in [0.2, 0.25) is 0 Å². The van der Waals surface area contributed by atoms with Crippen molar-refractivity contribution in [1.82, 2.24) is 4.98 Å². The van der Waals surface area contributed by atoms with Crippen LogP contribution in [0.4, 0.5) is 4.39 Å². The number of carbonyl (C=O) groups is 1. The van der Waals surface area contributed by atoms with Gasteiger partial charge in [-0.3, -0.25) is 4.98 Å². The lowest BCUT2D eigenvalue weighted by Gasteiger charge is -2.04. The lowest BCUT2D eigenvalue weighted by atomic mass is 10.2. The van der Waals surface area contributed by atoms with E-state index in [-0.39, 0.29) is 12.2 Å². The van der Waals surface area contributed by atoms with Crippen LogP contribution in [0.15, 0.2) is 12.3 Å². The van der Waals surface area contributed by atoms with Gasteiger partial charge in [0.15, 0.2) is 0 Å². The summed E-state index contributed by atoms with van der Waals surface area (Å²) in [4.78, 5) is 15.0. The molecule has 3 nitrogen and oxygen atoms in total. The monoisotopic (exact) mass is 183 g/mol. The van der Waals surface area contributed by atoms with Crippen LogP contribution < -0.4 is 0 Å². The minimum absolute atomic E-state index is 0.0793. The Morgan fingerprint density at radius 1 is 1.69 bits per heavy atom. The van der Waals surface area contributed by atoms with Gasteiger partial charge >= 0.3 is 5.97 Å². The maximum Gasteiger partial charge on any atom is 0.342 e. The van der Waals surface area contributed by atoms with Gasteiger partial charge in [0.05, 0.1) is 12.3 Å². The molecule has 0 saturated heterocycles. The molecule has 0 unspecified atom stereocenters. The Bertz CT molecular complexity index is 305. The fraction of sp³-hybridized carbons (Fsp3) is 0.333. The van der Waals surface area contributed by atoms with Crippen LogP contribution in [0.2, 0.25) is 0 Å². The Labute approximate surface area is 75.6 Å². The molecule has 0 radical (unpaired) electrons. The van der Waals surface area contributed by atoms with E-state index in [1.165, 1.54) is 6.20 Å². The van der Waals surface area contributed by atoms with Crippen LogP contribution >= 0.6 is 0 Å².